The van der Waals surface area contributed by atoms with E-state index >= 15 is 0 Å². The first-order valence-corrected chi connectivity index (χ1v) is 4.65. The maximum Gasteiger partial charge on any atom is 0.357 e. The van der Waals surface area contributed by atoms with Gasteiger partial charge in [0.15, 0.2) is 5.69 Å². The van der Waals surface area contributed by atoms with E-state index in [1.165, 1.54) is 7.11 Å². The lowest BCUT2D eigenvalue weighted by Crippen LogP contribution is -2.14. The molecule has 0 saturated carbocycles. The van der Waals surface area contributed by atoms with E-state index in [1.807, 2.05) is 0 Å². The van der Waals surface area contributed by atoms with Gasteiger partial charge in [0.05, 0.1) is 11.3 Å². The molecule has 0 fully saturated rings. The summed E-state index contributed by atoms with van der Waals surface area (Å²) in [6, 6.07) is 0. The Morgan fingerprint density at radius 3 is 3.07 bits per heavy atom. The summed E-state index contributed by atoms with van der Waals surface area (Å²) in [7, 11) is 1.45. The Morgan fingerprint density at radius 1 is 1.60 bits per heavy atom. The van der Waals surface area contributed by atoms with Crippen molar-refractivity contribution in [3.8, 4) is 0 Å². The lowest BCUT2D eigenvalue weighted by molar-refractivity contribution is 0.0690. The number of carbonyl (C=O) groups is 1. The molecule has 0 saturated heterocycles. The van der Waals surface area contributed by atoms with Crippen LogP contribution < -0.4 is 0 Å². The van der Waals surface area contributed by atoms with Crippen LogP contribution in [-0.4, -0.2) is 34.1 Å². The number of hydrogen-bond acceptors (Lipinski definition) is 4. The standard InChI is InChI=1S/C9H11N3O3/c1-15-12-6-4-2-3-5-7(6)8(9(13)14)11-10-5/h2-4H2,1H3,(H,10,11)(H,13,14)/b12-6+. The molecule has 6 heteroatoms. The van der Waals surface area contributed by atoms with Gasteiger partial charge in [0, 0.05) is 5.69 Å². The summed E-state index contributed by atoms with van der Waals surface area (Å²) in [5, 5.41) is 19.3. The van der Waals surface area contributed by atoms with E-state index in [-0.39, 0.29) is 5.69 Å². The van der Waals surface area contributed by atoms with Crippen LogP contribution in [0.4, 0.5) is 0 Å². The summed E-state index contributed by atoms with van der Waals surface area (Å²) < 4.78 is 0. The molecular formula is C9H11N3O3. The molecule has 0 spiro atoms. The first-order valence-electron chi connectivity index (χ1n) is 4.65. The zero-order valence-corrected chi connectivity index (χ0v) is 8.28. The van der Waals surface area contributed by atoms with Crippen molar-refractivity contribution in [3.05, 3.63) is 17.0 Å². The fourth-order valence-electron chi connectivity index (χ4n) is 1.78. The second-order valence-corrected chi connectivity index (χ2v) is 3.31. The Labute approximate surface area is 85.9 Å². The van der Waals surface area contributed by atoms with Crippen LogP contribution in [0.25, 0.3) is 0 Å². The van der Waals surface area contributed by atoms with Crippen LogP contribution >= 0.6 is 0 Å². The lowest BCUT2D eigenvalue weighted by Gasteiger charge is -2.12. The largest absolute Gasteiger partial charge is 0.476 e. The number of aromatic carboxylic acids is 1. The monoisotopic (exact) mass is 209 g/mol. The van der Waals surface area contributed by atoms with Gasteiger partial charge in [-0.15, -0.1) is 0 Å². The van der Waals surface area contributed by atoms with Gasteiger partial charge in [-0.3, -0.25) is 5.10 Å². The number of nitrogens with zero attached hydrogens (tertiary/aromatic N) is 2. The topological polar surface area (TPSA) is 87.6 Å². The molecule has 1 aliphatic carbocycles. The number of fused-ring (bicyclic) bond motifs is 1. The van der Waals surface area contributed by atoms with E-state index in [1.54, 1.807) is 0 Å². The average Bonchev–Trinajstić information content (AvgIpc) is 2.62. The van der Waals surface area contributed by atoms with Crippen molar-refractivity contribution in [3.63, 3.8) is 0 Å². The molecule has 1 heterocycles. The van der Waals surface area contributed by atoms with E-state index in [2.05, 4.69) is 15.4 Å². The van der Waals surface area contributed by atoms with E-state index in [4.69, 9.17) is 9.94 Å². The molecule has 6 nitrogen and oxygen atoms in total. The minimum atomic E-state index is -1.04. The van der Waals surface area contributed by atoms with E-state index < -0.39 is 5.97 Å². The number of carboxylic acids is 1. The Kier molecular flexibility index (Phi) is 2.40. The van der Waals surface area contributed by atoms with Crippen LogP contribution in [-0.2, 0) is 11.3 Å². The molecule has 80 valence electrons. The Balaban J connectivity index is 2.52. The molecule has 0 radical (unpaired) electrons. The summed E-state index contributed by atoms with van der Waals surface area (Å²) in [6.07, 6.45) is 2.45. The number of hydrogen-bond donors (Lipinski definition) is 2. The normalized spacial score (nSPS) is 17.5. The number of rotatable bonds is 2. The van der Waals surface area contributed by atoms with E-state index in [0.717, 1.165) is 25.0 Å². The van der Waals surface area contributed by atoms with Crippen LogP contribution in [0.15, 0.2) is 5.16 Å². The molecule has 0 aromatic carbocycles. The predicted molar refractivity (Wildman–Crippen MR) is 52.0 cm³/mol. The predicted octanol–water partition coefficient (Wildman–Crippen LogP) is 0.795. The summed E-state index contributed by atoms with van der Waals surface area (Å²) >= 11 is 0. The van der Waals surface area contributed by atoms with Gasteiger partial charge in [-0.1, -0.05) is 5.16 Å². The smallest absolute Gasteiger partial charge is 0.357 e. The maximum absolute atomic E-state index is 10.9. The highest BCUT2D eigenvalue weighted by molar-refractivity contribution is 6.08. The molecule has 2 rings (SSSR count). The Morgan fingerprint density at radius 2 is 2.40 bits per heavy atom. The number of carboxylic acid groups (broad SMARTS) is 1. The van der Waals surface area contributed by atoms with Crippen LogP contribution in [0.2, 0.25) is 0 Å². The quantitative estimate of drug-likeness (QED) is 0.705. The summed E-state index contributed by atoms with van der Waals surface area (Å²) in [5.41, 5.74) is 2.11. The minimum absolute atomic E-state index is 0.0282. The third-order valence-electron chi connectivity index (χ3n) is 2.37. The second-order valence-electron chi connectivity index (χ2n) is 3.31. The van der Waals surface area contributed by atoms with Crippen molar-refractivity contribution in [2.75, 3.05) is 7.11 Å². The molecule has 2 N–H and O–H groups in total. The van der Waals surface area contributed by atoms with Gasteiger partial charge in [-0.2, -0.15) is 5.10 Å². The Hall–Kier alpha value is -1.85. The summed E-state index contributed by atoms with van der Waals surface area (Å²) in [4.78, 5) is 15.6. The minimum Gasteiger partial charge on any atom is -0.476 e. The SMILES string of the molecule is CO/N=C1\CCCc2[nH]nc(C(=O)O)c21. The second kappa shape index (κ2) is 3.72. The number of aromatic nitrogens is 2. The van der Waals surface area contributed by atoms with Crippen molar-refractivity contribution in [1.82, 2.24) is 10.2 Å². The van der Waals surface area contributed by atoms with Crippen molar-refractivity contribution >= 4 is 11.7 Å². The molecule has 0 aliphatic heterocycles. The van der Waals surface area contributed by atoms with Gasteiger partial charge in [0.1, 0.15) is 7.11 Å². The van der Waals surface area contributed by atoms with E-state index in [0.29, 0.717) is 11.3 Å². The third-order valence-corrected chi connectivity index (χ3v) is 2.37. The molecule has 15 heavy (non-hydrogen) atoms. The molecule has 1 aromatic heterocycles. The molecule has 0 amide bonds. The first kappa shape index (κ1) is 9.70. The van der Waals surface area contributed by atoms with Gasteiger partial charge in [-0.25, -0.2) is 4.79 Å². The lowest BCUT2D eigenvalue weighted by atomic mass is 9.94. The molecule has 0 unspecified atom stereocenters. The summed E-state index contributed by atoms with van der Waals surface area (Å²) in [5.74, 6) is -1.04. The van der Waals surface area contributed by atoms with Crippen LogP contribution in [0.1, 0.15) is 34.6 Å². The van der Waals surface area contributed by atoms with Gasteiger partial charge in [-0.05, 0) is 19.3 Å². The number of nitrogens with one attached hydrogen (secondary N) is 1. The zero-order valence-electron chi connectivity index (χ0n) is 8.28. The van der Waals surface area contributed by atoms with Crippen LogP contribution in [0, 0.1) is 0 Å². The third kappa shape index (κ3) is 1.58. The highest BCUT2D eigenvalue weighted by atomic mass is 16.6. The summed E-state index contributed by atoms with van der Waals surface area (Å²) in [6.45, 7) is 0. The molecule has 1 aromatic rings. The average molecular weight is 209 g/mol. The van der Waals surface area contributed by atoms with Gasteiger partial charge >= 0.3 is 5.97 Å². The zero-order chi connectivity index (χ0) is 10.8. The van der Waals surface area contributed by atoms with Crippen molar-refractivity contribution in [1.29, 1.82) is 0 Å². The van der Waals surface area contributed by atoms with Gasteiger partial charge in [0.2, 0.25) is 0 Å². The number of H-pyrrole nitrogens is 1. The number of aromatic amines is 1. The number of oxime groups is 1. The molecule has 0 atom stereocenters. The van der Waals surface area contributed by atoms with Crippen molar-refractivity contribution in [2.24, 2.45) is 5.16 Å². The van der Waals surface area contributed by atoms with E-state index in [9.17, 15) is 4.79 Å². The number of aryl methyl sites for hydroxylation is 1. The fraction of sp³-hybridized carbons (Fsp3) is 0.444. The van der Waals surface area contributed by atoms with Crippen molar-refractivity contribution in [2.45, 2.75) is 19.3 Å². The highest BCUT2D eigenvalue weighted by Gasteiger charge is 2.26. The molecule has 0 bridgehead atoms. The van der Waals surface area contributed by atoms with Crippen molar-refractivity contribution < 1.29 is 14.7 Å². The van der Waals surface area contributed by atoms with Crippen LogP contribution in [0.5, 0.6) is 0 Å². The molecule has 1 aliphatic rings. The maximum atomic E-state index is 10.9. The van der Waals surface area contributed by atoms with Gasteiger partial charge in [0.25, 0.3) is 0 Å². The highest BCUT2D eigenvalue weighted by Crippen LogP contribution is 2.23. The fourth-order valence-corrected chi connectivity index (χ4v) is 1.78. The van der Waals surface area contributed by atoms with Crippen LogP contribution in [0.3, 0.4) is 0 Å². The first-order chi connectivity index (χ1) is 7.24. The molecular weight excluding hydrogens is 198 g/mol. The van der Waals surface area contributed by atoms with Gasteiger partial charge < -0.3 is 9.94 Å². The Bertz CT molecular complexity index is 422.